The molecule has 4 nitrogen and oxygen atoms in total. The highest BCUT2D eigenvalue weighted by atomic mass is 19.1. The molecule has 0 amide bonds. The molecule has 1 N–H and O–H groups in total. The maximum absolute atomic E-state index is 14.8. The summed E-state index contributed by atoms with van der Waals surface area (Å²) in [6, 6.07) is 4.92. The van der Waals surface area contributed by atoms with Crippen LogP contribution in [-0.4, -0.2) is 30.5 Å². The summed E-state index contributed by atoms with van der Waals surface area (Å²) in [5, 5.41) is 10.1. The van der Waals surface area contributed by atoms with E-state index in [0.717, 1.165) is 0 Å². The second-order valence-electron chi connectivity index (χ2n) is 6.42. The predicted octanol–water partition coefficient (Wildman–Crippen LogP) is 3.73. The highest BCUT2D eigenvalue weighted by Gasteiger charge is 2.53. The van der Waals surface area contributed by atoms with Crippen LogP contribution in [0.2, 0.25) is 0 Å². The molecule has 1 fully saturated rings. The largest absolute Gasteiger partial charge is 0.525 e. The van der Waals surface area contributed by atoms with E-state index < -0.39 is 24.0 Å². The molecule has 0 bridgehead atoms. The Morgan fingerprint density at radius 3 is 2.23 bits per heavy atom. The molecular formula is C16H22BFO4. The van der Waals surface area contributed by atoms with Gasteiger partial charge in [0.05, 0.1) is 18.3 Å². The lowest BCUT2D eigenvalue weighted by atomic mass is 9.83. The number of hydrogen-bond donors (Lipinski definition) is 1. The first-order valence-electron chi connectivity index (χ1n) is 7.19. The number of allylic oxidation sites excluding steroid dienone is 1. The van der Waals surface area contributed by atoms with Crippen molar-refractivity contribution in [3.63, 3.8) is 0 Å². The normalized spacial score (nSPS) is 20.8. The van der Waals surface area contributed by atoms with Gasteiger partial charge in [0.15, 0.2) is 11.5 Å². The molecule has 0 aromatic heterocycles. The fourth-order valence-corrected chi connectivity index (χ4v) is 2.24. The van der Waals surface area contributed by atoms with Crippen molar-refractivity contribution in [2.45, 2.75) is 45.8 Å². The van der Waals surface area contributed by atoms with Gasteiger partial charge in [0.1, 0.15) is 5.73 Å². The van der Waals surface area contributed by atoms with Crippen molar-refractivity contribution in [3.05, 3.63) is 29.5 Å². The minimum absolute atomic E-state index is 0.103. The molecule has 22 heavy (non-hydrogen) atoms. The number of phenols is 1. The van der Waals surface area contributed by atoms with Crippen LogP contribution >= 0.6 is 0 Å². The van der Waals surface area contributed by atoms with Gasteiger partial charge >= 0.3 is 7.12 Å². The number of ether oxygens (including phenoxy) is 1. The van der Waals surface area contributed by atoms with Crippen molar-refractivity contribution in [1.29, 1.82) is 0 Å². The highest BCUT2D eigenvalue weighted by molar-refractivity contribution is 6.55. The Kier molecular flexibility index (Phi) is 4.28. The number of hydrogen-bond acceptors (Lipinski definition) is 4. The maximum Gasteiger partial charge on any atom is 0.525 e. The van der Waals surface area contributed by atoms with Gasteiger partial charge in [0.2, 0.25) is 0 Å². The Bertz CT molecular complexity index is 594. The average Bonchev–Trinajstić information content (AvgIpc) is 2.66. The molecule has 6 heteroatoms. The minimum Gasteiger partial charge on any atom is -0.504 e. The average molecular weight is 308 g/mol. The van der Waals surface area contributed by atoms with Crippen LogP contribution in [0.4, 0.5) is 4.39 Å². The van der Waals surface area contributed by atoms with Crippen molar-refractivity contribution < 1.29 is 23.5 Å². The zero-order valence-electron chi connectivity index (χ0n) is 13.9. The van der Waals surface area contributed by atoms with E-state index in [9.17, 15) is 9.50 Å². The number of aromatic hydroxyl groups is 1. The summed E-state index contributed by atoms with van der Waals surface area (Å²) in [4.78, 5) is 0. The maximum atomic E-state index is 14.8. The van der Waals surface area contributed by atoms with Crippen LogP contribution < -0.4 is 4.74 Å². The summed E-state index contributed by atoms with van der Waals surface area (Å²) in [6.07, 6.45) is 0. The van der Waals surface area contributed by atoms with Crippen LogP contribution in [0.5, 0.6) is 11.5 Å². The van der Waals surface area contributed by atoms with Gasteiger partial charge in [-0.1, -0.05) is 12.1 Å². The lowest BCUT2D eigenvalue weighted by Crippen LogP contribution is -2.41. The molecule has 1 aliphatic heterocycles. The standard InChI is InChI=1S/C16H22BFO4/c1-10(11-8-7-9-12(20-6)13(11)19)14(18)17-21-15(2,3)16(4,5)22-17/h7-9,19H,1-6H3. The predicted molar refractivity (Wildman–Crippen MR) is 84.4 cm³/mol. The Morgan fingerprint density at radius 2 is 1.73 bits per heavy atom. The van der Waals surface area contributed by atoms with E-state index in [1.54, 1.807) is 25.1 Å². The summed E-state index contributed by atoms with van der Waals surface area (Å²) in [5.74, 6) is 0.188. The van der Waals surface area contributed by atoms with Crippen molar-refractivity contribution >= 4 is 12.7 Å². The fraction of sp³-hybridized carbons (Fsp3) is 0.500. The fourth-order valence-electron chi connectivity index (χ4n) is 2.24. The smallest absolute Gasteiger partial charge is 0.504 e. The summed E-state index contributed by atoms with van der Waals surface area (Å²) >= 11 is 0. The molecule has 0 radical (unpaired) electrons. The Balaban J connectivity index is 2.39. The van der Waals surface area contributed by atoms with Gasteiger partial charge in [-0.25, -0.2) is 4.39 Å². The van der Waals surface area contributed by atoms with Gasteiger partial charge in [0.25, 0.3) is 0 Å². The summed E-state index contributed by atoms with van der Waals surface area (Å²) < 4.78 is 31.2. The van der Waals surface area contributed by atoms with E-state index in [1.807, 2.05) is 27.7 Å². The van der Waals surface area contributed by atoms with Gasteiger partial charge in [-0.3, -0.25) is 0 Å². The summed E-state index contributed by atoms with van der Waals surface area (Å²) in [7, 11) is 0.359. The number of phenolic OH excluding ortho intramolecular Hbond substituents is 1. The molecular weight excluding hydrogens is 286 g/mol. The second kappa shape index (κ2) is 5.59. The van der Waals surface area contributed by atoms with E-state index in [1.165, 1.54) is 7.11 Å². The van der Waals surface area contributed by atoms with Gasteiger partial charge in [-0.15, -0.1) is 0 Å². The first-order chi connectivity index (χ1) is 10.1. The van der Waals surface area contributed by atoms with Crippen LogP contribution in [0, 0.1) is 0 Å². The molecule has 1 heterocycles. The first kappa shape index (κ1) is 16.8. The number of benzene rings is 1. The lowest BCUT2D eigenvalue weighted by Gasteiger charge is -2.32. The minimum atomic E-state index is -1.09. The van der Waals surface area contributed by atoms with Crippen LogP contribution in [0.25, 0.3) is 5.57 Å². The number of methoxy groups -OCH3 is 1. The Hall–Kier alpha value is -1.53. The van der Waals surface area contributed by atoms with E-state index in [2.05, 4.69) is 0 Å². The van der Waals surface area contributed by atoms with E-state index >= 15 is 0 Å². The molecule has 0 saturated carbocycles. The van der Waals surface area contributed by atoms with Gasteiger partial charge < -0.3 is 19.2 Å². The third-order valence-corrected chi connectivity index (χ3v) is 4.44. The van der Waals surface area contributed by atoms with Crippen molar-refractivity contribution in [2.75, 3.05) is 7.11 Å². The van der Waals surface area contributed by atoms with Crippen LogP contribution in [-0.2, 0) is 9.31 Å². The molecule has 0 spiro atoms. The SMILES string of the molecule is COc1cccc(C(C)=C(F)B2OC(C)(C)C(C)(C)O2)c1O. The third-order valence-electron chi connectivity index (χ3n) is 4.44. The van der Waals surface area contributed by atoms with Gasteiger partial charge in [-0.05, 0) is 46.3 Å². The van der Waals surface area contributed by atoms with Crippen molar-refractivity contribution in [3.8, 4) is 11.5 Å². The highest BCUT2D eigenvalue weighted by Crippen LogP contribution is 2.41. The second-order valence-corrected chi connectivity index (χ2v) is 6.42. The topological polar surface area (TPSA) is 47.9 Å². The van der Waals surface area contributed by atoms with Crippen LogP contribution in [0.3, 0.4) is 0 Å². The molecule has 1 aromatic rings. The molecule has 1 saturated heterocycles. The molecule has 1 aromatic carbocycles. The Labute approximate surface area is 131 Å². The number of halogens is 1. The Morgan fingerprint density at radius 1 is 1.18 bits per heavy atom. The molecule has 1 aliphatic rings. The van der Waals surface area contributed by atoms with Crippen LogP contribution in [0.15, 0.2) is 23.9 Å². The van der Waals surface area contributed by atoms with E-state index in [-0.39, 0.29) is 11.3 Å². The van der Waals surface area contributed by atoms with Crippen LogP contribution in [0.1, 0.15) is 40.2 Å². The van der Waals surface area contributed by atoms with E-state index in [4.69, 9.17) is 14.0 Å². The van der Waals surface area contributed by atoms with Crippen molar-refractivity contribution in [2.24, 2.45) is 0 Å². The molecule has 0 unspecified atom stereocenters. The quantitative estimate of drug-likeness (QED) is 0.864. The van der Waals surface area contributed by atoms with Gasteiger partial charge in [-0.2, -0.15) is 0 Å². The van der Waals surface area contributed by atoms with E-state index in [0.29, 0.717) is 11.3 Å². The number of para-hydroxylation sites is 1. The zero-order chi connectivity index (χ0) is 16.7. The third kappa shape index (κ3) is 2.73. The summed E-state index contributed by atoms with van der Waals surface area (Å²) in [5.41, 5.74) is -1.18. The molecule has 0 aliphatic carbocycles. The van der Waals surface area contributed by atoms with Gasteiger partial charge in [0, 0.05) is 5.56 Å². The first-order valence-corrected chi connectivity index (χ1v) is 7.19. The monoisotopic (exact) mass is 308 g/mol. The molecule has 2 rings (SSSR count). The summed E-state index contributed by atoms with van der Waals surface area (Å²) in [6.45, 7) is 9.02. The molecule has 120 valence electrons. The zero-order valence-corrected chi connectivity index (χ0v) is 13.9. The molecule has 0 atom stereocenters. The number of rotatable bonds is 3. The lowest BCUT2D eigenvalue weighted by molar-refractivity contribution is 0.00578. The van der Waals surface area contributed by atoms with Crippen molar-refractivity contribution in [1.82, 2.24) is 0 Å².